The van der Waals surface area contributed by atoms with Crippen LogP contribution in [0.25, 0.3) is 0 Å². The SMILES string of the molecule is O=CCNC1CS(=O)C1. The number of nitrogens with one attached hydrogen (secondary N) is 1. The molecule has 1 aliphatic heterocycles. The third kappa shape index (κ3) is 1.87. The van der Waals surface area contributed by atoms with E-state index in [9.17, 15) is 9.00 Å². The Morgan fingerprint density at radius 3 is 2.78 bits per heavy atom. The van der Waals surface area contributed by atoms with Gasteiger partial charge in [-0.1, -0.05) is 0 Å². The molecule has 0 bridgehead atoms. The fraction of sp³-hybridized carbons (Fsp3) is 0.800. The minimum atomic E-state index is -0.604. The summed E-state index contributed by atoms with van der Waals surface area (Å²) >= 11 is 0. The predicted octanol–water partition coefficient (Wildman–Crippen LogP) is -1.09. The molecule has 52 valence electrons. The van der Waals surface area contributed by atoms with Crippen LogP contribution in [0.2, 0.25) is 0 Å². The molecule has 0 aromatic heterocycles. The smallest absolute Gasteiger partial charge is 0.133 e. The molecule has 0 saturated carbocycles. The molecule has 1 heterocycles. The average molecular weight is 147 g/mol. The van der Waals surface area contributed by atoms with Crippen molar-refractivity contribution in [2.24, 2.45) is 0 Å². The van der Waals surface area contributed by atoms with Crippen molar-refractivity contribution in [3.05, 3.63) is 0 Å². The van der Waals surface area contributed by atoms with Crippen LogP contribution in [-0.2, 0) is 15.6 Å². The molecule has 0 amide bonds. The lowest BCUT2D eigenvalue weighted by atomic mass is 10.4. The maximum atomic E-state index is 10.5. The van der Waals surface area contributed by atoms with Gasteiger partial charge in [0.15, 0.2) is 0 Å². The second-order valence-corrected chi connectivity index (χ2v) is 3.59. The summed E-state index contributed by atoms with van der Waals surface area (Å²) in [6, 6.07) is 0.330. The van der Waals surface area contributed by atoms with Gasteiger partial charge in [-0.05, 0) is 0 Å². The van der Waals surface area contributed by atoms with Crippen molar-refractivity contribution in [1.82, 2.24) is 5.32 Å². The first-order valence-electron chi connectivity index (χ1n) is 2.85. The van der Waals surface area contributed by atoms with Crippen LogP contribution in [-0.4, -0.2) is 34.6 Å². The highest BCUT2D eigenvalue weighted by Crippen LogP contribution is 2.03. The number of rotatable bonds is 3. The van der Waals surface area contributed by atoms with Crippen LogP contribution in [0.4, 0.5) is 0 Å². The first-order valence-corrected chi connectivity index (χ1v) is 4.33. The van der Waals surface area contributed by atoms with Gasteiger partial charge in [0.2, 0.25) is 0 Å². The molecule has 9 heavy (non-hydrogen) atoms. The van der Waals surface area contributed by atoms with Gasteiger partial charge < -0.3 is 10.1 Å². The molecule has 1 rings (SSSR count). The molecule has 0 atom stereocenters. The van der Waals surface area contributed by atoms with Gasteiger partial charge in [-0.2, -0.15) is 0 Å². The number of carbonyl (C=O) groups is 1. The highest BCUT2D eigenvalue weighted by atomic mass is 32.2. The second-order valence-electron chi connectivity index (χ2n) is 2.04. The van der Waals surface area contributed by atoms with Crippen molar-refractivity contribution >= 4 is 17.1 Å². The van der Waals surface area contributed by atoms with Crippen LogP contribution >= 0.6 is 0 Å². The molecule has 0 aromatic carbocycles. The lowest BCUT2D eigenvalue weighted by Crippen LogP contribution is -2.48. The van der Waals surface area contributed by atoms with E-state index in [1.165, 1.54) is 0 Å². The van der Waals surface area contributed by atoms with Gasteiger partial charge >= 0.3 is 0 Å². The molecule has 0 spiro atoms. The van der Waals surface area contributed by atoms with Gasteiger partial charge in [-0.3, -0.25) is 4.21 Å². The lowest BCUT2D eigenvalue weighted by molar-refractivity contribution is -0.107. The summed E-state index contributed by atoms with van der Waals surface area (Å²) in [4.78, 5) is 9.79. The fourth-order valence-corrected chi connectivity index (χ4v) is 1.77. The van der Waals surface area contributed by atoms with Crippen LogP contribution < -0.4 is 5.32 Å². The molecule has 4 heteroatoms. The van der Waals surface area contributed by atoms with Crippen LogP contribution in [0.3, 0.4) is 0 Å². The van der Waals surface area contributed by atoms with E-state index in [0.29, 0.717) is 24.1 Å². The predicted molar refractivity (Wildman–Crippen MR) is 35.7 cm³/mol. The molecule has 1 saturated heterocycles. The third-order valence-corrected chi connectivity index (χ3v) is 2.81. The van der Waals surface area contributed by atoms with Crippen molar-refractivity contribution < 1.29 is 9.00 Å². The van der Waals surface area contributed by atoms with Crippen LogP contribution in [0.1, 0.15) is 0 Å². The molecular weight excluding hydrogens is 138 g/mol. The summed E-state index contributed by atoms with van der Waals surface area (Å²) in [6.45, 7) is 0.391. The Morgan fingerprint density at radius 1 is 1.67 bits per heavy atom. The topological polar surface area (TPSA) is 46.2 Å². The van der Waals surface area contributed by atoms with E-state index in [-0.39, 0.29) is 0 Å². The van der Waals surface area contributed by atoms with Crippen LogP contribution in [0.15, 0.2) is 0 Å². The Labute approximate surface area is 56.3 Å². The van der Waals surface area contributed by atoms with E-state index in [1.54, 1.807) is 0 Å². The van der Waals surface area contributed by atoms with E-state index in [0.717, 1.165) is 6.29 Å². The summed E-state index contributed by atoms with van der Waals surface area (Å²) in [7, 11) is -0.604. The van der Waals surface area contributed by atoms with Crippen molar-refractivity contribution in [3.8, 4) is 0 Å². The Balaban J connectivity index is 2.03. The molecule has 0 unspecified atom stereocenters. The second kappa shape index (κ2) is 3.08. The van der Waals surface area contributed by atoms with E-state index in [4.69, 9.17) is 0 Å². The third-order valence-electron chi connectivity index (χ3n) is 1.26. The largest absolute Gasteiger partial charge is 0.306 e. The van der Waals surface area contributed by atoms with Crippen LogP contribution in [0, 0.1) is 0 Å². The summed E-state index contributed by atoms with van der Waals surface area (Å²) in [5.41, 5.74) is 0. The van der Waals surface area contributed by atoms with E-state index in [1.807, 2.05) is 0 Å². The molecule has 0 aromatic rings. The normalized spacial score (nSPS) is 33.3. The van der Waals surface area contributed by atoms with Gasteiger partial charge in [0.1, 0.15) is 6.29 Å². The van der Waals surface area contributed by atoms with Gasteiger partial charge in [-0.25, -0.2) is 0 Å². The summed E-state index contributed by atoms with van der Waals surface area (Å²) in [5.74, 6) is 1.43. The highest BCUT2D eigenvalue weighted by Gasteiger charge is 2.23. The first-order chi connectivity index (χ1) is 4.33. The molecular formula is C5H9NO2S. The van der Waals surface area contributed by atoms with E-state index >= 15 is 0 Å². The molecule has 1 fully saturated rings. The van der Waals surface area contributed by atoms with Crippen molar-refractivity contribution in [3.63, 3.8) is 0 Å². The zero-order valence-electron chi connectivity index (χ0n) is 5.00. The first kappa shape index (κ1) is 6.89. The maximum absolute atomic E-state index is 10.5. The molecule has 0 radical (unpaired) electrons. The Kier molecular flexibility index (Phi) is 2.36. The zero-order chi connectivity index (χ0) is 6.69. The highest BCUT2D eigenvalue weighted by molar-refractivity contribution is 7.86. The quantitative estimate of drug-likeness (QED) is 0.516. The van der Waals surface area contributed by atoms with Gasteiger partial charge in [-0.15, -0.1) is 0 Å². The summed E-state index contributed by atoms with van der Waals surface area (Å²) in [6.07, 6.45) is 0.821. The maximum Gasteiger partial charge on any atom is 0.133 e. The molecule has 0 aliphatic carbocycles. The minimum Gasteiger partial charge on any atom is -0.306 e. The molecule has 3 nitrogen and oxygen atoms in total. The van der Waals surface area contributed by atoms with Gasteiger partial charge in [0.05, 0.1) is 6.54 Å². The van der Waals surface area contributed by atoms with E-state index in [2.05, 4.69) is 5.32 Å². The Bertz CT molecular complexity index is 129. The fourth-order valence-electron chi connectivity index (χ4n) is 0.733. The Hall–Kier alpha value is -0.220. The standard InChI is InChI=1S/C5H9NO2S/c7-2-1-6-5-3-9(8)4-5/h2,5-6H,1,3-4H2. The summed E-state index contributed by atoms with van der Waals surface area (Å²) < 4.78 is 10.5. The number of hydrogen-bond acceptors (Lipinski definition) is 3. The zero-order valence-corrected chi connectivity index (χ0v) is 5.82. The van der Waals surface area contributed by atoms with Crippen molar-refractivity contribution in [2.75, 3.05) is 18.1 Å². The van der Waals surface area contributed by atoms with E-state index < -0.39 is 10.8 Å². The van der Waals surface area contributed by atoms with Crippen LogP contribution in [0.5, 0.6) is 0 Å². The van der Waals surface area contributed by atoms with Gasteiger partial charge in [0, 0.05) is 28.3 Å². The number of hydrogen-bond donors (Lipinski definition) is 1. The Morgan fingerprint density at radius 2 is 2.33 bits per heavy atom. The number of carbonyl (C=O) groups excluding carboxylic acids is 1. The number of aldehydes is 1. The van der Waals surface area contributed by atoms with Crippen molar-refractivity contribution in [1.29, 1.82) is 0 Å². The monoisotopic (exact) mass is 147 g/mol. The van der Waals surface area contributed by atoms with Gasteiger partial charge in [0.25, 0.3) is 0 Å². The lowest BCUT2D eigenvalue weighted by Gasteiger charge is -2.24. The molecule has 1 N–H and O–H groups in total. The minimum absolute atomic E-state index is 0.330. The van der Waals surface area contributed by atoms with Crippen molar-refractivity contribution in [2.45, 2.75) is 6.04 Å². The molecule has 1 aliphatic rings. The summed E-state index contributed by atoms with van der Waals surface area (Å²) in [5, 5.41) is 2.94. The average Bonchev–Trinajstić information content (AvgIpc) is 1.78.